The monoisotopic (exact) mass is 251 g/mol. The molecule has 0 saturated carbocycles. The van der Waals surface area contributed by atoms with E-state index in [1.807, 2.05) is 0 Å². The highest BCUT2D eigenvalue weighted by atomic mass is 19.4. The third kappa shape index (κ3) is 2.37. The highest BCUT2D eigenvalue weighted by molar-refractivity contribution is 6.59. The van der Waals surface area contributed by atoms with Crippen molar-refractivity contribution < 1.29 is 32.0 Å². The molecule has 0 aliphatic rings. The summed E-state index contributed by atoms with van der Waals surface area (Å²) in [6, 6.07) is 1.35. The van der Waals surface area contributed by atoms with Gasteiger partial charge in [0.15, 0.2) is 11.6 Å². The molecule has 9 heteroatoms. The fourth-order valence-electron chi connectivity index (χ4n) is 1.22. The summed E-state index contributed by atoms with van der Waals surface area (Å²) < 4.78 is 63.2. The first kappa shape index (κ1) is 13.4. The van der Waals surface area contributed by atoms with Gasteiger partial charge in [-0.05, 0) is 11.5 Å². The summed E-state index contributed by atoms with van der Waals surface area (Å²) in [7, 11) is -2.67. The van der Waals surface area contributed by atoms with Crippen molar-refractivity contribution in [2.75, 3.05) is 0 Å². The lowest BCUT2D eigenvalue weighted by Gasteiger charge is -2.14. The van der Waals surface area contributed by atoms with Crippen molar-refractivity contribution in [2.45, 2.75) is 6.18 Å². The zero-order valence-corrected chi connectivity index (χ0v) is 7.89. The van der Waals surface area contributed by atoms with Crippen LogP contribution in [0.15, 0.2) is 6.07 Å². The van der Waals surface area contributed by atoms with E-state index in [1.165, 1.54) is 0 Å². The van der Waals surface area contributed by atoms with Crippen LogP contribution in [0.4, 0.5) is 22.0 Å². The molecule has 0 aromatic heterocycles. The molecule has 1 aromatic carbocycles. The first-order valence-electron chi connectivity index (χ1n) is 4.05. The molecule has 0 amide bonds. The molecule has 0 aliphatic heterocycles. The maximum Gasteiger partial charge on any atom is 0.489 e. The van der Waals surface area contributed by atoms with Crippen molar-refractivity contribution in [3.8, 4) is 6.07 Å². The minimum absolute atomic E-state index is 0.242. The zero-order valence-electron chi connectivity index (χ0n) is 7.89. The number of alkyl halides is 3. The lowest BCUT2D eigenvalue weighted by atomic mass is 9.75. The van der Waals surface area contributed by atoms with Gasteiger partial charge in [0.1, 0.15) is 6.07 Å². The first-order chi connectivity index (χ1) is 7.70. The van der Waals surface area contributed by atoms with Crippen molar-refractivity contribution in [2.24, 2.45) is 0 Å². The van der Waals surface area contributed by atoms with E-state index in [0.29, 0.717) is 0 Å². The molecule has 0 aliphatic carbocycles. The normalized spacial score (nSPS) is 11.2. The fourth-order valence-corrected chi connectivity index (χ4v) is 1.22. The standard InChI is InChI=1S/C8H3BF5NO2/c10-6-3(2-15)1-4(9(16)17)5(7(6)11)8(12,13)14/h1,16-17H. The maximum atomic E-state index is 13.1. The van der Waals surface area contributed by atoms with E-state index in [-0.39, 0.29) is 6.07 Å². The molecule has 0 heterocycles. The highest BCUT2D eigenvalue weighted by Gasteiger charge is 2.41. The highest BCUT2D eigenvalue weighted by Crippen LogP contribution is 2.32. The van der Waals surface area contributed by atoms with Gasteiger partial charge < -0.3 is 10.0 Å². The molecule has 17 heavy (non-hydrogen) atoms. The van der Waals surface area contributed by atoms with Crippen LogP contribution in [-0.4, -0.2) is 17.2 Å². The largest absolute Gasteiger partial charge is 0.489 e. The topological polar surface area (TPSA) is 64.2 Å². The minimum Gasteiger partial charge on any atom is -0.423 e. The van der Waals surface area contributed by atoms with Gasteiger partial charge in [0.25, 0.3) is 0 Å². The predicted molar refractivity (Wildman–Crippen MR) is 45.9 cm³/mol. The summed E-state index contributed by atoms with van der Waals surface area (Å²) >= 11 is 0. The van der Waals surface area contributed by atoms with Crippen LogP contribution >= 0.6 is 0 Å². The van der Waals surface area contributed by atoms with E-state index in [1.54, 1.807) is 0 Å². The van der Waals surface area contributed by atoms with Gasteiger partial charge in [0.2, 0.25) is 0 Å². The number of halogens is 5. The Morgan fingerprint density at radius 2 is 1.71 bits per heavy atom. The number of rotatable bonds is 1. The van der Waals surface area contributed by atoms with Crippen molar-refractivity contribution in [1.29, 1.82) is 5.26 Å². The van der Waals surface area contributed by atoms with Gasteiger partial charge in [0, 0.05) is 0 Å². The van der Waals surface area contributed by atoms with Crippen molar-refractivity contribution in [3.63, 3.8) is 0 Å². The SMILES string of the molecule is N#Cc1cc(B(O)O)c(C(F)(F)F)c(F)c1F. The summed E-state index contributed by atoms with van der Waals surface area (Å²) in [5.41, 5.74) is -4.49. The maximum absolute atomic E-state index is 13.1. The molecule has 0 atom stereocenters. The van der Waals surface area contributed by atoms with Crippen molar-refractivity contribution in [1.82, 2.24) is 0 Å². The van der Waals surface area contributed by atoms with E-state index in [0.717, 1.165) is 6.07 Å². The molecule has 0 spiro atoms. The lowest BCUT2D eigenvalue weighted by molar-refractivity contribution is -0.139. The summed E-state index contributed by atoms with van der Waals surface area (Å²) in [6.45, 7) is 0. The summed E-state index contributed by atoms with van der Waals surface area (Å²) in [4.78, 5) is 0. The average molecular weight is 251 g/mol. The third-order valence-electron chi connectivity index (χ3n) is 1.92. The molecule has 3 nitrogen and oxygen atoms in total. The number of benzene rings is 1. The van der Waals surface area contributed by atoms with Crippen molar-refractivity contribution in [3.05, 3.63) is 28.8 Å². The van der Waals surface area contributed by atoms with Crippen LogP contribution in [0.25, 0.3) is 0 Å². The molecule has 0 radical (unpaired) electrons. The summed E-state index contributed by atoms with van der Waals surface area (Å²) in [5, 5.41) is 25.7. The zero-order chi connectivity index (χ0) is 13.4. The van der Waals surface area contributed by atoms with Crippen LogP contribution in [0, 0.1) is 23.0 Å². The Labute approximate surface area is 91.9 Å². The number of nitrogens with zero attached hydrogens (tertiary/aromatic N) is 1. The number of nitriles is 1. The second-order valence-electron chi connectivity index (χ2n) is 3.00. The molecule has 0 fully saturated rings. The van der Waals surface area contributed by atoms with Crippen LogP contribution in [-0.2, 0) is 6.18 Å². The molecule has 90 valence electrons. The molecule has 2 N–H and O–H groups in total. The Balaban J connectivity index is 3.70. The van der Waals surface area contributed by atoms with Gasteiger partial charge in [-0.25, -0.2) is 8.78 Å². The quantitative estimate of drug-likeness (QED) is 0.565. The lowest BCUT2D eigenvalue weighted by Crippen LogP contribution is -2.38. The Hall–Kier alpha value is -1.66. The molecule has 1 rings (SSSR count). The van der Waals surface area contributed by atoms with E-state index in [2.05, 4.69) is 0 Å². The molecule has 0 saturated heterocycles. The van der Waals surface area contributed by atoms with E-state index in [4.69, 9.17) is 15.3 Å². The molecule has 0 unspecified atom stereocenters. The van der Waals surface area contributed by atoms with Crippen LogP contribution in [0.1, 0.15) is 11.1 Å². The number of hydrogen-bond acceptors (Lipinski definition) is 3. The predicted octanol–water partition coefficient (Wildman–Crippen LogP) is 0.535. The smallest absolute Gasteiger partial charge is 0.423 e. The molecular weight excluding hydrogens is 248 g/mol. The van der Waals surface area contributed by atoms with Crippen LogP contribution in [0.3, 0.4) is 0 Å². The van der Waals surface area contributed by atoms with E-state index < -0.39 is 41.5 Å². The van der Waals surface area contributed by atoms with Gasteiger partial charge in [-0.2, -0.15) is 18.4 Å². The van der Waals surface area contributed by atoms with E-state index in [9.17, 15) is 22.0 Å². The Morgan fingerprint density at radius 1 is 1.18 bits per heavy atom. The Kier molecular flexibility index (Phi) is 3.40. The second-order valence-corrected chi connectivity index (χ2v) is 3.00. The minimum atomic E-state index is -5.31. The Bertz CT molecular complexity index is 494. The third-order valence-corrected chi connectivity index (χ3v) is 1.92. The number of hydrogen-bond donors (Lipinski definition) is 2. The molecular formula is C8H3BF5NO2. The van der Waals surface area contributed by atoms with Gasteiger partial charge >= 0.3 is 13.3 Å². The average Bonchev–Trinajstić information content (AvgIpc) is 2.19. The van der Waals surface area contributed by atoms with Gasteiger partial charge in [-0.3, -0.25) is 0 Å². The Morgan fingerprint density at radius 3 is 2.06 bits per heavy atom. The fraction of sp³-hybridized carbons (Fsp3) is 0.125. The van der Waals surface area contributed by atoms with Crippen molar-refractivity contribution >= 4 is 12.6 Å². The van der Waals surface area contributed by atoms with Gasteiger partial charge in [-0.1, -0.05) is 0 Å². The first-order valence-corrected chi connectivity index (χ1v) is 4.05. The molecule has 0 bridgehead atoms. The van der Waals surface area contributed by atoms with Crippen LogP contribution in [0.5, 0.6) is 0 Å². The van der Waals surface area contributed by atoms with Gasteiger partial charge in [0.05, 0.1) is 11.1 Å². The van der Waals surface area contributed by atoms with Gasteiger partial charge in [-0.15, -0.1) is 0 Å². The van der Waals surface area contributed by atoms with E-state index >= 15 is 0 Å². The summed E-state index contributed by atoms with van der Waals surface area (Å²) in [5.74, 6) is -4.32. The van der Waals surface area contributed by atoms with Crippen LogP contribution < -0.4 is 5.46 Å². The van der Waals surface area contributed by atoms with Crippen LogP contribution in [0.2, 0.25) is 0 Å². The molecule has 1 aromatic rings. The summed E-state index contributed by atoms with van der Waals surface area (Å²) in [6.07, 6.45) is -5.31. The second kappa shape index (κ2) is 4.31.